The minimum Gasteiger partial charge on any atom is -0.356 e. The van der Waals surface area contributed by atoms with Crippen molar-refractivity contribution in [3.8, 4) is 11.4 Å². The summed E-state index contributed by atoms with van der Waals surface area (Å²) in [6, 6.07) is 24.2. The van der Waals surface area contributed by atoms with Crippen LogP contribution in [0.4, 0.5) is 16.5 Å². The van der Waals surface area contributed by atoms with E-state index in [1.807, 2.05) is 85.9 Å². The van der Waals surface area contributed by atoms with E-state index in [0.29, 0.717) is 0 Å². The molecule has 3 heterocycles. The highest BCUT2D eigenvalue weighted by molar-refractivity contribution is 7.14. The van der Waals surface area contributed by atoms with Gasteiger partial charge in [-0.1, -0.05) is 43.0 Å². The Morgan fingerprint density at radius 2 is 1.68 bits per heavy atom. The summed E-state index contributed by atoms with van der Waals surface area (Å²) >= 11 is 1.58. The van der Waals surface area contributed by atoms with Gasteiger partial charge in [-0.05, 0) is 48.9 Å². The number of nitrogens with one attached hydrogen (secondary N) is 2. The van der Waals surface area contributed by atoms with Crippen LogP contribution in [0.2, 0.25) is 0 Å². The van der Waals surface area contributed by atoms with Crippen LogP contribution in [0.15, 0.2) is 91.0 Å². The largest absolute Gasteiger partial charge is 0.356 e. The Hall–Kier alpha value is -3.90. The molecule has 0 atom stereocenters. The van der Waals surface area contributed by atoms with E-state index in [9.17, 15) is 0 Å². The highest BCUT2D eigenvalue weighted by atomic mass is 32.1. The first-order chi connectivity index (χ1) is 15.2. The molecule has 0 aliphatic heterocycles. The Labute approximate surface area is 184 Å². The second kappa shape index (κ2) is 8.08. The third-order valence-corrected chi connectivity index (χ3v) is 5.76. The van der Waals surface area contributed by atoms with Gasteiger partial charge in [0.25, 0.3) is 0 Å². The molecule has 0 aliphatic carbocycles. The van der Waals surface area contributed by atoms with Crippen molar-refractivity contribution in [2.45, 2.75) is 6.92 Å². The topological polar surface area (TPSA) is 54.2 Å². The van der Waals surface area contributed by atoms with Crippen LogP contribution in [0, 0.1) is 6.92 Å². The zero-order valence-corrected chi connectivity index (χ0v) is 17.9. The van der Waals surface area contributed by atoms with E-state index in [2.05, 4.69) is 32.0 Å². The molecule has 0 unspecified atom stereocenters. The van der Waals surface area contributed by atoms with Crippen molar-refractivity contribution in [2.24, 2.45) is 0 Å². The zero-order chi connectivity index (χ0) is 21.2. The molecule has 0 saturated heterocycles. The minimum absolute atomic E-state index is 0.842. The molecule has 6 heteroatoms. The number of hydrogen-bond donors (Lipinski definition) is 2. The number of pyridine rings is 1. The number of aryl methyl sites for hydroxylation is 1. The maximum Gasteiger partial charge on any atom is 0.187 e. The number of benzene rings is 2. The van der Waals surface area contributed by atoms with Crippen molar-refractivity contribution in [3.05, 3.63) is 102 Å². The number of imidazole rings is 1. The number of anilines is 3. The van der Waals surface area contributed by atoms with E-state index in [1.165, 1.54) is 0 Å². The van der Waals surface area contributed by atoms with Gasteiger partial charge in [-0.25, -0.2) is 9.97 Å². The van der Waals surface area contributed by atoms with E-state index in [4.69, 9.17) is 4.98 Å². The first-order valence-corrected chi connectivity index (χ1v) is 10.8. The SMILES string of the molecule is C=C(Nc1ccccc1)c1ccc(Nc2nc(-c3c(C)nc4ccccn34)cs2)cc1. The van der Waals surface area contributed by atoms with Gasteiger partial charge < -0.3 is 10.6 Å². The van der Waals surface area contributed by atoms with Gasteiger partial charge in [-0.15, -0.1) is 11.3 Å². The summed E-state index contributed by atoms with van der Waals surface area (Å²) in [6.45, 7) is 6.17. The van der Waals surface area contributed by atoms with Crippen molar-refractivity contribution in [1.29, 1.82) is 0 Å². The van der Waals surface area contributed by atoms with Crippen molar-refractivity contribution in [2.75, 3.05) is 10.6 Å². The normalized spacial score (nSPS) is 10.9. The lowest BCUT2D eigenvalue weighted by molar-refractivity contribution is 1.17. The predicted octanol–water partition coefficient (Wildman–Crippen LogP) is 6.59. The van der Waals surface area contributed by atoms with Gasteiger partial charge in [0.05, 0.1) is 11.4 Å². The number of fused-ring (bicyclic) bond motifs is 1. The fraction of sp³-hybridized carbons (Fsp3) is 0.0400. The lowest BCUT2D eigenvalue weighted by Crippen LogP contribution is -1.97. The molecule has 0 radical (unpaired) electrons. The third kappa shape index (κ3) is 3.93. The van der Waals surface area contributed by atoms with Crippen LogP contribution in [0.5, 0.6) is 0 Å². The summed E-state index contributed by atoms with van der Waals surface area (Å²) in [5, 5.41) is 9.63. The standard InChI is InChI=1S/C25H21N5S/c1-17(26-20-8-4-3-5-9-20)19-11-13-21(14-12-19)28-25-29-22(16-31-25)24-18(2)27-23-10-6-7-15-30(23)24/h3-16,26H,1H2,2H3,(H,28,29). The molecule has 5 rings (SSSR count). The number of nitrogens with zero attached hydrogens (tertiary/aromatic N) is 3. The molecule has 0 amide bonds. The molecule has 2 N–H and O–H groups in total. The quantitative estimate of drug-likeness (QED) is 0.323. The number of hydrogen-bond acceptors (Lipinski definition) is 5. The molecule has 5 aromatic rings. The summed E-state index contributed by atoms with van der Waals surface area (Å²) in [5.41, 5.74) is 7.74. The molecule has 0 fully saturated rings. The molecule has 5 nitrogen and oxygen atoms in total. The monoisotopic (exact) mass is 423 g/mol. The molecular formula is C25H21N5S. The molecule has 3 aromatic heterocycles. The highest BCUT2D eigenvalue weighted by Gasteiger charge is 2.14. The van der Waals surface area contributed by atoms with Gasteiger partial charge in [0.2, 0.25) is 0 Å². The highest BCUT2D eigenvalue weighted by Crippen LogP contribution is 2.30. The predicted molar refractivity (Wildman–Crippen MR) is 130 cm³/mol. The Morgan fingerprint density at radius 3 is 2.48 bits per heavy atom. The Morgan fingerprint density at radius 1 is 0.903 bits per heavy atom. The van der Waals surface area contributed by atoms with Crippen molar-refractivity contribution in [3.63, 3.8) is 0 Å². The Kier molecular flexibility index (Phi) is 4.98. The minimum atomic E-state index is 0.842. The average Bonchev–Trinajstić information content (AvgIpc) is 3.37. The van der Waals surface area contributed by atoms with E-state index < -0.39 is 0 Å². The van der Waals surface area contributed by atoms with E-state index in [1.54, 1.807) is 11.3 Å². The lowest BCUT2D eigenvalue weighted by atomic mass is 10.1. The van der Waals surface area contributed by atoms with Crippen LogP contribution >= 0.6 is 11.3 Å². The van der Waals surface area contributed by atoms with Crippen LogP contribution in [-0.4, -0.2) is 14.4 Å². The van der Waals surface area contributed by atoms with E-state index in [-0.39, 0.29) is 0 Å². The zero-order valence-electron chi connectivity index (χ0n) is 17.0. The van der Waals surface area contributed by atoms with Crippen LogP contribution < -0.4 is 10.6 Å². The van der Waals surface area contributed by atoms with Crippen LogP contribution in [0.1, 0.15) is 11.3 Å². The summed E-state index contributed by atoms with van der Waals surface area (Å²) < 4.78 is 2.08. The smallest absolute Gasteiger partial charge is 0.187 e. The van der Waals surface area contributed by atoms with Gasteiger partial charge in [-0.2, -0.15) is 0 Å². The van der Waals surface area contributed by atoms with Crippen molar-refractivity contribution < 1.29 is 0 Å². The lowest BCUT2D eigenvalue weighted by Gasteiger charge is -2.10. The summed E-state index contributed by atoms with van der Waals surface area (Å²) in [6.07, 6.45) is 2.02. The van der Waals surface area contributed by atoms with Gasteiger partial charge in [0.1, 0.15) is 11.3 Å². The van der Waals surface area contributed by atoms with Gasteiger partial charge in [0.15, 0.2) is 5.13 Å². The molecule has 0 spiro atoms. The van der Waals surface area contributed by atoms with Crippen molar-refractivity contribution >= 4 is 39.2 Å². The van der Waals surface area contributed by atoms with Crippen LogP contribution in [0.25, 0.3) is 22.7 Å². The fourth-order valence-corrected chi connectivity index (χ4v) is 4.22. The molecule has 0 aliphatic rings. The average molecular weight is 424 g/mol. The molecular weight excluding hydrogens is 402 g/mol. The van der Waals surface area contributed by atoms with Gasteiger partial charge in [0, 0.05) is 28.6 Å². The molecule has 152 valence electrons. The first kappa shape index (κ1) is 19.1. The molecule has 2 aromatic carbocycles. The Bertz CT molecular complexity index is 1350. The summed E-state index contributed by atoms with van der Waals surface area (Å²) in [4.78, 5) is 9.42. The van der Waals surface area contributed by atoms with E-state index in [0.717, 1.165) is 50.5 Å². The van der Waals surface area contributed by atoms with Crippen LogP contribution in [0.3, 0.4) is 0 Å². The van der Waals surface area contributed by atoms with Crippen molar-refractivity contribution in [1.82, 2.24) is 14.4 Å². The van der Waals surface area contributed by atoms with Crippen LogP contribution in [-0.2, 0) is 0 Å². The first-order valence-electron chi connectivity index (χ1n) is 9.95. The molecule has 31 heavy (non-hydrogen) atoms. The second-order valence-electron chi connectivity index (χ2n) is 7.18. The van der Waals surface area contributed by atoms with Gasteiger partial charge in [-0.3, -0.25) is 4.40 Å². The van der Waals surface area contributed by atoms with E-state index >= 15 is 0 Å². The number of rotatable bonds is 6. The molecule has 0 saturated carbocycles. The number of para-hydroxylation sites is 1. The summed E-state index contributed by atoms with van der Waals surface area (Å²) in [7, 11) is 0. The van der Waals surface area contributed by atoms with Gasteiger partial charge >= 0.3 is 0 Å². The fourth-order valence-electron chi connectivity index (χ4n) is 3.51. The molecule has 0 bridgehead atoms. The number of thiazole rings is 1. The third-order valence-electron chi connectivity index (χ3n) is 5.00. The number of aromatic nitrogens is 3. The maximum absolute atomic E-state index is 4.79. The maximum atomic E-state index is 4.79. The Balaban J connectivity index is 1.31. The summed E-state index contributed by atoms with van der Waals surface area (Å²) in [5.74, 6) is 0. The second-order valence-corrected chi connectivity index (χ2v) is 8.04.